The zero-order valence-corrected chi connectivity index (χ0v) is 14.5. The second-order valence-corrected chi connectivity index (χ2v) is 6.75. The predicted octanol–water partition coefficient (Wildman–Crippen LogP) is 1.25. The van der Waals surface area contributed by atoms with Crippen LogP contribution in [-0.2, 0) is 4.79 Å². The van der Waals surface area contributed by atoms with E-state index in [1.54, 1.807) is 26.0 Å². The van der Waals surface area contributed by atoms with Crippen LogP contribution in [0.15, 0.2) is 18.2 Å². The lowest BCUT2D eigenvalue weighted by Gasteiger charge is -2.25. The molecule has 1 heterocycles. The molecule has 2 rings (SSSR count). The summed E-state index contributed by atoms with van der Waals surface area (Å²) in [5.41, 5.74) is 1.00. The minimum Gasteiger partial charge on any atom is -0.497 e. The molecule has 1 aliphatic heterocycles. The Kier molecular flexibility index (Phi) is 5.97. The highest BCUT2D eigenvalue weighted by Gasteiger charge is 2.39. The van der Waals surface area contributed by atoms with E-state index >= 15 is 0 Å². The van der Waals surface area contributed by atoms with Crippen molar-refractivity contribution in [1.29, 1.82) is 0 Å². The van der Waals surface area contributed by atoms with Gasteiger partial charge in [-0.2, -0.15) is 0 Å². The van der Waals surface area contributed by atoms with E-state index in [4.69, 9.17) is 9.47 Å². The number of nitrogens with two attached hydrogens (primary N) is 1. The summed E-state index contributed by atoms with van der Waals surface area (Å²) in [6.07, 6.45) is 0.984. The molecule has 5 nitrogen and oxygen atoms in total. The summed E-state index contributed by atoms with van der Waals surface area (Å²) in [6, 6.07) is 5.75. The first-order valence-electron chi connectivity index (χ1n) is 7.58. The molecule has 122 valence electrons. The Hall–Kier alpha value is -1.40. The first kappa shape index (κ1) is 17.0. The van der Waals surface area contributed by atoms with Crippen molar-refractivity contribution in [3.63, 3.8) is 0 Å². The van der Waals surface area contributed by atoms with Crippen LogP contribution in [-0.4, -0.2) is 50.4 Å². The number of ether oxygens (including phenoxy) is 2. The van der Waals surface area contributed by atoms with Crippen LogP contribution in [0.3, 0.4) is 0 Å². The van der Waals surface area contributed by atoms with E-state index in [9.17, 15) is 4.79 Å². The number of hydrogen-bond acceptors (Lipinski definition) is 4. The Bertz CT molecular complexity index is 524. The summed E-state index contributed by atoms with van der Waals surface area (Å²) in [5, 5.41) is 2.11. The largest absolute Gasteiger partial charge is 0.497 e. The number of nitrogens with zero attached hydrogens (tertiary/aromatic N) is 1. The van der Waals surface area contributed by atoms with Gasteiger partial charge in [-0.05, 0) is 25.1 Å². The number of quaternary nitrogens is 1. The molecule has 0 bridgehead atoms. The van der Waals surface area contributed by atoms with E-state index in [-0.39, 0.29) is 16.5 Å². The maximum Gasteiger partial charge on any atom is 0.236 e. The van der Waals surface area contributed by atoms with Crippen molar-refractivity contribution < 1.29 is 19.6 Å². The van der Waals surface area contributed by atoms with Crippen molar-refractivity contribution in [2.45, 2.75) is 24.0 Å². The van der Waals surface area contributed by atoms with Crippen LogP contribution < -0.4 is 14.8 Å². The molecule has 0 aliphatic carbocycles. The van der Waals surface area contributed by atoms with Gasteiger partial charge in [0.2, 0.25) is 5.91 Å². The normalized spacial score (nSPS) is 21.3. The monoisotopic (exact) mass is 325 g/mol. The first-order chi connectivity index (χ1) is 10.6. The van der Waals surface area contributed by atoms with Crippen LogP contribution in [0.4, 0.5) is 0 Å². The Balaban J connectivity index is 2.29. The number of amides is 1. The Morgan fingerprint density at radius 3 is 2.73 bits per heavy atom. The standard InChI is InChI=1S/C16H24N2O3S/c1-11-15(19)18(9-5-8-17-2)16(22-11)13-10-12(20-3)6-7-14(13)21-4/h6-7,10-11,16-17H,5,8-9H2,1-4H3/p+1/t11-,16+/m0/s1. The fraction of sp³-hybridized carbons (Fsp3) is 0.562. The zero-order chi connectivity index (χ0) is 16.1. The van der Waals surface area contributed by atoms with Gasteiger partial charge in [-0.15, -0.1) is 11.8 Å². The lowest BCUT2D eigenvalue weighted by molar-refractivity contribution is -0.627. The molecule has 1 aliphatic rings. The maximum absolute atomic E-state index is 12.5. The molecule has 1 amide bonds. The highest BCUT2D eigenvalue weighted by Crippen LogP contribution is 2.46. The summed E-state index contributed by atoms with van der Waals surface area (Å²) in [4.78, 5) is 14.4. The zero-order valence-electron chi connectivity index (χ0n) is 13.7. The van der Waals surface area contributed by atoms with Gasteiger partial charge in [0.25, 0.3) is 0 Å². The third kappa shape index (κ3) is 3.50. The summed E-state index contributed by atoms with van der Waals surface area (Å²) >= 11 is 1.67. The third-order valence-electron chi connectivity index (χ3n) is 3.84. The second-order valence-electron chi connectivity index (χ2n) is 5.32. The number of carbonyl (C=O) groups is 1. The van der Waals surface area contributed by atoms with Gasteiger partial charge >= 0.3 is 0 Å². The molecule has 1 saturated heterocycles. The van der Waals surface area contributed by atoms with Crippen LogP contribution in [0.2, 0.25) is 0 Å². The molecule has 0 spiro atoms. The fourth-order valence-corrected chi connectivity index (χ4v) is 3.97. The highest BCUT2D eigenvalue weighted by atomic mass is 32.2. The van der Waals surface area contributed by atoms with Crippen molar-refractivity contribution >= 4 is 17.7 Å². The van der Waals surface area contributed by atoms with E-state index < -0.39 is 0 Å². The van der Waals surface area contributed by atoms with Gasteiger partial charge in [-0.3, -0.25) is 4.79 Å². The SMILES string of the molecule is C[NH2+]CCCN1C(=O)[C@H](C)S[C@@H]1c1cc(OC)ccc1OC. The molecule has 1 aromatic carbocycles. The number of carbonyl (C=O) groups excluding carboxylic acids is 1. The Labute approximate surface area is 136 Å². The Morgan fingerprint density at radius 2 is 2.09 bits per heavy atom. The molecule has 0 radical (unpaired) electrons. The van der Waals surface area contributed by atoms with E-state index in [0.29, 0.717) is 0 Å². The lowest BCUT2D eigenvalue weighted by atomic mass is 10.1. The summed E-state index contributed by atoms with van der Waals surface area (Å²) < 4.78 is 10.8. The molecule has 2 N–H and O–H groups in total. The van der Waals surface area contributed by atoms with Gasteiger partial charge < -0.3 is 19.7 Å². The average Bonchev–Trinajstić information content (AvgIpc) is 2.82. The quantitative estimate of drug-likeness (QED) is 0.767. The topological polar surface area (TPSA) is 55.4 Å². The number of methoxy groups -OCH3 is 2. The van der Waals surface area contributed by atoms with E-state index in [1.807, 2.05) is 37.1 Å². The van der Waals surface area contributed by atoms with Crippen molar-refractivity contribution in [2.24, 2.45) is 0 Å². The van der Waals surface area contributed by atoms with E-state index in [1.165, 1.54) is 0 Å². The minimum absolute atomic E-state index is 0.00981. The molecular formula is C16H25N2O3S+. The molecule has 0 aromatic heterocycles. The molecule has 0 saturated carbocycles. The Morgan fingerprint density at radius 1 is 1.32 bits per heavy atom. The molecular weight excluding hydrogens is 300 g/mol. The predicted molar refractivity (Wildman–Crippen MR) is 88.4 cm³/mol. The van der Waals surface area contributed by atoms with Gasteiger partial charge in [0.05, 0.1) is 33.1 Å². The molecule has 0 unspecified atom stereocenters. The van der Waals surface area contributed by atoms with Crippen LogP contribution in [0.5, 0.6) is 11.5 Å². The average molecular weight is 325 g/mol. The third-order valence-corrected chi connectivity index (χ3v) is 5.22. The number of hydrogen-bond donors (Lipinski definition) is 1. The van der Waals surface area contributed by atoms with Gasteiger partial charge in [0, 0.05) is 18.5 Å². The molecule has 22 heavy (non-hydrogen) atoms. The smallest absolute Gasteiger partial charge is 0.236 e. The van der Waals surface area contributed by atoms with Gasteiger partial charge in [-0.25, -0.2) is 0 Å². The van der Waals surface area contributed by atoms with Crippen molar-refractivity contribution in [1.82, 2.24) is 4.90 Å². The maximum atomic E-state index is 12.5. The van der Waals surface area contributed by atoms with Crippen LogP contribution >= 0.6 is 11.8 Å². The highest BCUT2D eigenvalue weighted by molar-refractivity contribution is 8.01. The van der Waals surface area contributed by atoms with Crippen LogP contribution in [0, 0.1) is 0 Å². The van der Waals surface area contributed by atoms with Crippen molar-refractivity contribution in [3.05, 3.63) is 23.8 Å². The van der Waals surface area contributed by atoms with Gasteiger partial charge in [0.1, 0.15) is 16.9 Å². The molecule has 2 atom stereocenters. The van der Waals surface area contributed by atoms with E-state index in [0.717, 1.165) is 36.6 Å². The fourth-order valence-electron chi connectivity index (χ4n) is 2.64. The molecule has 1 aromatic rings. The van der Waals surface area contributed by atoms with E-state index in [2.05, 4.69) is 5.32 Å². The molecule has 1 fully saturated rings. The van der Waals surface area contributed by atoms with Gasteiger partial charge in [0.15, 0.2) is 0 Å². The number of benzene rings is 1. The van der Waals surface area contributed by atoms with Gasteiger partial charge in [-0.1, -0.05) is 0 Å². The molecule has 6 heteroatoms. The van der Waals surface area contributed by atoms with Crippen molar-refractivity contribution in [2.75, 3.05) is 34.4 Å². The first-order valence-corrected chi connectivity index (χ1v) is 8.52. The van der Waals surface area contributed by atoms with Crippen molar-refractivity contribution in [3.8, 4) is 11.5 Å². The second kappa shape index (κ2) is 7.74. The van der Waals surface area contributed by atoms with Crippen LogP contribution in [0.25, 0.3) is 0 Å². The number of rotatable bonds is 7. The summed E-state index contributed by atoms with van der Waals surface area (Å²) in [7, 11) is 5.36. The summed E-state index contributed by atoms with van der Waals surface area (Å²) in [5.74, 6) is 1.79. The minimum atomic E-state index is -0.0217. The van der Waals surface area contributed by atoms with Crippen LogP contribution in [0.1, 0.15) is 24.3 Å². The lowest BCUT2D eigenvalue weighted by Crippen LogP contribution is -2.79. The number of thioether (sulfide) groups is 1. The summed E-state index contributed by atoms with van der Waals surface area (Å²) in [6.45, 7) is 3.76.